The molecule has 0 aliphatic carbocycles. The summed E-state index contributed by atoms with van der Waals surface area (Å²) in [5.74, 6) is 0.209. The molecular formula is C13H22N2O3. The fourth-order valence-electron chi connectivity index (χ4n) is 2.68. The van der Waals surface area contributed by atoms with Crippen LogP contribution in [0.3, 0.4) is 0 Å². The normalized spacial score (nSPS) is 25.1. The molecule has 5 heteroatoms. The van der Waals surface area contributed by atoms with Crippen LogP contribution in [0, 0.1) is 0 Å². The molecule has 2 aliphatic rings. The van der Waals surface area contributed by atoms with Gasteiger partial charge in [-0.1, -0.05) is 6.92 Å². The van der Waals surface area contributed by atoms with Crippen LogP contribution in [-0.2, 0) is 14.3 Å². The van der Waals surface area contributed by atoms with Crippen LogP contribution in [0.1, 0.15) is 32.6 Å². The van der Waals surface area contributed by atoms with E-state index in [0.29, 0.717) is 32.7 Å². The molecule has 2 fully saturated rings. The average molecular weight is 254 g/mol. The molecule has 2 saturated heterocycles. The number of ether oxygens (including phenoxy) is 1. The minimum Gasteiger partial charge on any atom is -0.378 e. The van der Waals surface area contributed by atoms with Gasteiger partial charge in [0.2, 0.25) is 11.8 Å². The Morgan fingerprint density at radius 1 is 1.17 bits per heavy atom. The Kier molecular flexibility index (Phi) is 4.58. The van der Waals surface area contributed by atoms with E-state index < -0.39 is 0 Å². The zero-order valence-electron chi connectivity index (χ0n) is 11.1. The minimum atomic E-state index is -0.232. The third-order valence-corrected chi connectivity index (χ3v) is 3.73. The van der Waals surface area contributed by atoms with E-state index in [9.17, 15) is 9.59 Å². The lowest BCUT2D eigenvalue weighted by atomic mass is 10.00. The summed E-state index contributed by atoms with van der Waals surface area (Å²) in [6, 6.07) is -0.232. The minimum absolute atomic E-state index is 0.0984. The quantitative estimate of drug-likeness (QED) is 0.726. The van der Waals surface area contributed by atoms with Crippen LogP contribution in [0.15, 0.2) is 0 Å². The van der Waals surface area contributed by atoms with Crippen LogP contribution < -0.4 is 0 Å². The van der Waals surface area contributed by atoms with Crippen LogP contribution >= 0.6 is 0 Å². The van der Waals surface area contributed by atoms with E-state index in [-0.39, 0.29) is 17.9 Å². The summed E-state index contributed by atoms with van der Waals surface area (Å²) in [4.78, 5) is 28.0. The van der Waals surface area contributed by atoms with Crippen LogP contribution in [0.2, 0.25) is 0 Å². The number of amides is 2. The summed E-state index contributed by atoms with van der Waals surface area (Å²) < 4.78 is 5.26. The Hall–Kier alpha value is -1.10. The van der Waals surface area contributed by atoms with Crippen LogP contribution in [-0.4, -0.2) is 60.5 Å². The molecule has 2 aliphatic heterocycles. The lowest BCUT2D eigenvalue weighted by Gasteiger charge is -2.38. The summed E-state index contributed by atoms with van der Waals surface area (Å²) >= 11 is 0. The third kappa shape index (κ3) is 2.83. The maximum Gasteiger partial charge on any atom is 0.245 e. The third-order valence-electron chi connectivity index (χ3n) is 3.73. The number of nitrogens with zero attached hydrogens (tertiary/aromatic N) is 2. The van der Waals surface area contributed by atoms with Crippen molar-refractivity contribution in [3.05, 3.63) is 0 Å². The van der Waals surface area contributed by atoms with Gasteiger partial charge in [0, 0.05) is 26.1 Å². The zero-order chi connectivity index (χ0) is 13.0. The van der Waals surface area contributed by atoms with E-state index in [1.54, 1.807) is 4.90 Å². The van der Waals surface area contributed by atoms with Gasteiger partial charge in [-0.2, -0.15) is 0 Å². The average Bonchev–Trinajstić information content (AvgIpc) is 2.46. The monoisotopic (exact) mass is 254 g/mol. The number of piperidine rings is 1. The van der Waals surface area contributed by atoms with E-state index in [0.717, 1.165) is 25.8 Å². The zero-order valence-corrected chi connectivity index (χ0v) is 11.1. The van der Waals surface area contributed by atoms with Gasteiger partial charge >= 0.3 is 0 Å². The molecule has 1 unspecified atom stereocenters. The number of morpholine rings is 1. The molecule has 18 heavy (non-hydrogen) atoms. The van der Waals surface area contributed by atoms with Crippen molar-refractivity contribution in [2.45, 2.75) is 38.6 Å². The van der Waals surface area contributed by atoms with Crippen LogP contribution in [0.5, 0.6) is 0 Å². The predicted molar refractivity (Wildman–Crippen MR) is 67.0 cm³/mol. The second-order valence-corrected chi connectivity index (χ2v) is 4.89. The Balaban J connectivity index is 2.03. The summed E-state index contributed by atoms with van der Waals surface area (Å²) in [5.41, 5.74) is 0. The highest BCUT2D eigenvalue weighted by Gasteiger charge is 2.34. The van der Waals surface area contributed by atoms with Crippen molar-refractivity contribution in [1.82, 2.24) is 9.80 Å². The molecule has 0 radical (unpaired) electrons. The first-order chi connectivity index (χ1) is 8.74. The summed E-state index contributed by atoms with van der Waals surface area (Å²) in [6.07, 6.45) is 3.34. The number of carbonyl (C=O) groups is 2. The van der Waals surface area contributed by atoms with Crippen molar-refractivity contribution in [2.75, 3.05) is 32.8 Å². The molecule has 2 heterocycles. The van der Waals surface area contributed by atoms with Crippen molar-refractivity contribution < 1.29 is 14.3 Å². The predicted octanol–water partition coefficient (Wildman–Crippen LogP) is 0.636. The van der Waals surface area contributed by atoms with Crippen molar-refractivity contribution >= 4 is 11.8 Å². The highest BCUT2D eigenvalue weighted by molar-refractivity contribution is 5.87. The molecule has 5 nitrogen and oxygen atoms in total. The smallest absolute Gasteiger partial charge is 0.245 e. The standard InChI is InChI=1S/C13H22N2O3/c1-2-12(16)15-6-4-3-5-11(15)13(17)14-7-9-18-10-8-14/h11H,2-10H2,1H3. The molecule has 0 aromatic carbocycles. The van der Waals surface area contributed by atoms with Gasteiger partial charge in [0.25, 0.3) is 0 Å². The van der Waals surface area contributed by atoms with Crippen molar-refractivity contribution in [3.63, 3.8) is 0 Å². The molecule has 1 atom stereocenters. The molecule has 0 aromatic heterocycles. The van der Waals surface area contributed by atoms with Gasteiger partial charge in [-0.25, -0.2) is 0 Å². The molecule has 0 spiro atoms. The molecular weight excluding hydrogens is 232 g/mol. The van der Waals surface area contributed by atoms with Gasteiger partial charge in [-0.3, -0.25) is 9.59 Å². The number of carbonyl (C=O) groups excluding carboxylic acids is 2. The first kappa shape index (κ1) is 13.3. The number of hydrogen-bond acceptors (Lipinski definition) is 3. The van der Waals surface area contributed by atoms with E-state index in [1.807, 2.05) is 11.8 Å². The summed E-state index contributed by atoms with van der Waals surface area (Å²) in [7, 11) is 0. The summed E-state index contributed by atoms with van der Waals surface area (Å²) in [6.45, 7) is 5.12. The van der Waals surface area contributed by atoms with E-state index >= 15 is 0 Å². The number of likely N-dealkylation sites (tertiary alicyclic amines) is 1. The fourth-order valence-corrected chi connectivity index (χ4v) is 2.68. The van der Waals surface area contributed by atoms with Crippen LogP contribution in [0.25, 0.3) is 0 Å². The SMILES string of the molecule is CCC(=O)N1CCCCC1C(=O)N1CCOCC1. The Morgan fingerprint density at radius 2 is 1.89 bits per heavy atom. The molecule has 0 saturated carbocycles. The second kappa shape index (κ2) is 6.18. The number of rotatable bonds is 2. The van der Waals surface area contributed by atoms with E-state index in [2.05, 4.69) is 0 Å². The van der Waals surface area contributed by atoms with Gasteiger partial charge in [0.1, 0.15) is 6.04 Å². The van der Waals surface area contributed by atoms with Gasteiger partial charge in [0.05, 0.1) is 13.2 Å². The van der Waals surface area contributed by atoms with Crippen molar-refractivity contribution in [3.8, 4) is 0 Å². The first-order valence-electron chi connectivity index (χ1n) is 6.90. The van der Waals surface area contributed by atoms with Crippen LogP contribution in [0.4, 0.5) is 0 Å². The Bertz CT molecular complexity index is 313. The molecule has 0 N–H and O–H groups in total. The second-order valence-electron chi connectivity index (χ2n) is 4.89. The summed E-state index contributed by atoms with van der Waals surface area (Å²) in [5, 5.41) is 0. The van der Waals surface area contributed by atoms with E-state index in [4.69, 9.17) is 4.74 Å². The highest BCUT2D eigenvalue weighted by atomic mass is 16.5. The Morgan fingerprint density at radius 3 is 2.56 bits per heavy atom. The molecule has 0 aromatic rings. The molecule has 2 amide bonds. The number of hydrogen-bond donors (Lipinski definition) is 0. The van der Waals surface area contributed by atoms with Gasteiger partial charge in [-0.15, -0.1) is 0 Å². The molecule has 102 valence electrons. The maximum atomic E-state index is 12.5. The van der Waals surface area contributed by atoms with Crippen molar-refractivity contribution in [2.24, 2.45) is 0 Å². The Labute approximate surface area is 108 Å². The largest absolute Gasteiger partial charge is 0.378 e. The molecule has 2 rings (SSSR count). The van der Waals surface area contributed by atoms with Gasteiger partial charge < -0.3 is 14.5 Å². The van der Waals surface area contributed by atoms with E-state index in [1.165, 1.54) is 0 Å². The van der Waals surface area contributed by atoms with Gasteiger partial charge in [-0.05, 0) is 19.3 Å². The molecule has 0 bridgehead atoms. The highest BCUT2D eigenvalue weighted by Crippen LogP contribution is 2.20. The fraction of sp³-hybridized carbons (Fsp3) is 0.846. The lowest BCUT2D eigenvalue weighted by molar-refractivity contribution is -0.150. The van der Waals surface area contributed by atoms with Crippen molar-refractivity contribution in [1.29, 1.82) is 0 Å². The lowest BCUT2D eigenvalue weighted by Crippen LogP contribution is -2.55. The first-order valence-corrected chi connectivity index (χ1v) is 6.90. The topological polar surface area (TPSA) is 49.9 Å². The van der Waals surface area contributed by atoms with Gasteiger partial charge in [0.15, 0.2) is 0 Å². The maximum absolute atomic E-state index is 12.5.